The number of sulfone groups is 1. The number of nitrogens with one attached hydrogen (secondary N) is 1. The molecule has 1 atom stereocenters. The fourth-order valence-corrected chi connectivity index (χ4v) is 3.82. The second-order valence-corrected chi connectivity index (χ2v) is 7.65. The summed E-state index contributed by atoms with van der Waals surface area (Å²) in [5.74, 6) is 1.77. The van der Waals surface area contributed by atoms with Crippen molar-refractivity contribution in [1.82, 2.24) is 5.32 Å². The van der Waals surface area contributed by atoms with Gasteiger partial charge in [-0.1, -0.05) is 0 Å². The topological polar surface area (TPSA) is 76.4 Å². The molecule has 1 heterocycles. The van der Waals surface area contributed by atoms with E-state index in [2.05, 4.69) is 5.32 Å². The van der Waals surface area contributed by atoms with Crippen LogP contribution in [0, 0.1) is 0 Å². The van der Waals surface area contributed by atoms with Gasteiger partial charge in [-0.25, -0.2) is 8.42 Å². The van der Waals surface area contributed by atoms with Crippen molar-refractivity contribution in [3.63, 3.8) is 0 Å². The number of hydrogen-bond donors (Lipinski definition) is 1. The van der Waals surface area contributed by atoms with Crippen LogP contribution in [0.3, 0.4) is 0 Å². The Morgan fingerprint density at radius 3 is 2.59 bits per heavy atom. The van der Waals surface area contributed by atoms with E-state index in [1.54, 1.807) is 6.07 Å². The van der Waals surface area contributed by atoms with E-state index in [1.807, 2.05) is 13.1 Å². The minimum atomic E-state index is -3.05. The van der Waals surface area contributed by atoms with Gasteiger partial charge < -0.3 is 9.73 Å². The molecule has 17 heavy (non-hydrogen) atoms. The summed E-state index contributed by atoms with van der Waals surface area (Å²) in [6, 6.07) is 3.59. The molecule has 0 aromatic carbocycles. The number of hydrogen-bond acceptors (Lipinski definition) is 5. The average Bonchev–Trinajstić information content (AvgIpc) is 2.62. The molecule has 0 amide bonds. The van der Waals surface area contributed by atoms with Gasteiger partial charge >= 0.3 is 0 Å². The van der Waals surface area contributed by atoms with E-state index < -0.39 is 20.6 Å². The molecule has 0 saturated carbocycles. The fourth-order valence-electron chi connectivity index (χ4n) is 1.24. The summed E-state index contributed by atoms with van der Waals surface area (Å²) in [4.78, 5) is 0. The lowest BCUT2D eigenvalue weighted by Crippen LogP contribution is -2.12. The normalized spacial score (nSPS) is 13.8. The van der Waals surface area contributed by atoms with E-state index in [9.17, 15) is 12.6 Å². The summed E-state index contributed by atoms with van der Waals surface area (Å²) >= 11 is 0. The molecule has 1 N–H and O–H groups in total. The van der Waals surface area contributed by atoms with Crippen molar-refractivity contribution in [2.45, 2.75) is 12.3 Å². The van der Waals surface area contributed by atoms with Crippen LogP contribution < -0.4 is 5.32 Å². The molecule has 0 aliphatic rings. The van der Waals surface area contributed by atoms with Crippen LogP contribution in [0.4, 0.5) is 0 Å². The molecule has 0 spiro atoms. The van der Waals surface area contributed by atoms with Gasteiger partial charge in [-0.15, -0.1) is 0 Å². The van der Waals surface area contributed by atoms with Gasteiger partial charge in [0.1, 0.15) is 21.4 Å². The average molecular weight is 279 g/mol. The highest BCUT2D eigenvalue weighted by molar-refractivity contribution is 7.92. The molecular formula is C10H17NO4S2. The van der Waals surface area contributed by atoms with Crippen LogP contribution in [0.5, 0.6) is 0 Å². The number of furan rings is 1. The van der Waals surface area contributed by atoms with Gasteiger partial charge in [-0.3, -0.25) is 4.21 Å². The fraction of sp³-hybridized carbons (Fsp3) is 0.600. The highest BCUT2D eigenvalue weighted by atomic mass is 32.2. The van der Waals surface area contributed by atoms with Crippen LogP contribution in [-0.2, 0) is 32.9 Å². The van der Waals surface area contributed by atoms with Gasteiger partial charge in [-0.2, -0.15) is 0 Å². The van der Waals surface area contributed by atoms with Crippen molar-refractivity contribution in [2.24, 2.45) is 0 Å². The minimum Gasteiger partial charge on any atom is -0.464 e. The molecular weight excluding hydrogens is 262 g/mol. The van der Waals surface area contributed by atoms with Crippen molar-refractivity contribution >= 4 is 20.6 Å². The lowest BCUT2D eigenvalue weighted by molar-refractivity contribution is 0.467. The van der Waals surface area contributed by atoms with Crippen molar-refractivity contribution in [3.05, 3.63) is 23.7 Å². The third-order valence-corrected chi connectivity index (χ3v) is 4.52. The Hall–Kier alpha value is -0.660. The van der Waals surface area contributed by atoms with Crippen LogP contribution in [0.2, 0.25) is 0 Å². The first-order valence-electron chi connectivity index (χ1n) is 5.15. The predicted octanol–water partition coefficient (Wildman–Crippen LogP) is 0.292. The zero-order valence-electron chi connectivity index (χ0n) is 9.93. The zero-order chi connectivity index (χ0) is 12.9. The van der Waals surface area contributed by atoms with Crippen LogP contribution >= 0.6 is 0 Å². The smallest absolute Gasteiger partial charge is 0.148 e. The molecule has 1 rings (SSSR count). The first-order chi connectivity index (χ1) is 7.90. The first-order valence-corrected chi connectivity index (χ1v) is 8.70. The van der Waals surface area contributed by atoms with Gasteiger partial charge in [0.15, 0.2) is 0 Å². The number of rotatable bonds is 7. The highest BCUT2D eigenvalue weighted by Gasteiger charge is 2.10. The van der Waals surface area contributed by atoms with E-state index in [-0.39, 0.29) is 17.3 Å². The van der Waals surface area contributed by atoms with Crippen molar-refractivity contribution in [3.8, 4) is 0 Å². The summed E-state index contributed by atoms with van der Waals surface area (Å²) in [7, 11) is -2.44. The Labute approximate surface area is 104 Å². The summed E-state index contributed by atoms with van der Waals surface area (Å²) in [6.07, 6.45) is 1.14. The maximum atomic E-state index is 11.6. The Balaban J connectivity index is 2.45. The van der Waals surface area contributed by atoms with E-state index in [1.165, 1.54) is 0 Å². The molecule has 1 aromatic rings. The monoisotopic (exact) mass is 279 g/mol. The van der Waals surface area contributed by atoms with E-state index in [0.29, 0.717) is 12.3 Å². The molecule has 7 heteroatoms. The Morgan fingerprint density at radius 1 is 1.35 bits per heavy atom. The molecule has 1 unspecified atom stereocenters. The molecule has 1 aromatic heterocycles. The Kier molecular flexibility index (Phi) is 5.35. The van der Waals surface area contributed by atoms with Gasteiger partial charge in [0.05, 0.1) is 18.1 Å². The maximum absolute atomic E-state index is 11.6. The first kappa shape index (κ1) is 14.4. The van der Waals surface area contributed by atoms with Gasteiger partial charge in [0.25, 0.3) is 0 Å². The SMILES string of the molecule is CNCc1ccc(CS(=O)CCS(C)(=O)=O)o1. The second-order valence-electron chi connectivity index (χ2n) is 3.82. The van der Waals surface area contributed by atoms with Crippen LogP contribution in [0.15, 0.2) is 16.5 Å². The molecule has 0 fully saturated rings. The largest absolute Gasteiger partial charge is 0.464 e. The van der Waals surface area contributed by atoms with Gasteiger partial charge in [0, 0.05) is 22.8 Å². The summed E-state index contributed by atoms with van der Waals surface area (Å²) in [5.41, 5.74) is 0. The second kappa shape index (κ2) is 6.32. The third-order valence-electron chi connectivity index (χ3n) is 2.05. The van der Waals surface area contributed by atoms with E-state index in [0.717, 1.165) is 12.0 Å². The highest BCUT2D eigenvalue weighted by Crippen LogP contribution is 2.10. The molecule has 0 aliphatic heterocycles. The Bertz CT molecular complexity index is 478. The van der Waals surface area contributed by atoms with Gasteiger partial charge in [0.2, 0.25) is 0 Å². The standard InChI is InChI=1S/C10H17NO4S2/c1-11-7-9-3-4-10(15-9)8-16(12)5-6-17(2,13)14/h3-4,11H,5-8H2,1-2H3. The van der Waals surface area contributed by atoms with Crippen LogP contribution in [0.25, 0.3) is 0 Å². The van der Waals surface area contributed by atoms with Crippen LogP contribution in [0.1, 0.15) is 11.5 Å². The summed E-state index contributed by atoms with van der Waals surface area (Å²) < 4.78 is 38.8. The van der Waals surface area contributed by atoms with Crippen molar-refractivity contribution in [2.75, 3.05) is 24.8 Å². The van der Waals surface area contributed by atoms with Crippen LogP contribution in [-0.4, -0.2) is 37.4 Å². The van der Waals surface area contributed by atoms with Crippen molar-refractivity contribution < 1.29 is 17.0 Å². The molecule has 0 radical (unpaired) electrons. The van der Waals surface area contributed by atoms with Gasteiger partial charge in [-0.05, 0) is 19.2 Å². The quantitative estimate of drug-likeness (QED) is 0.776. The summed E-state index contributed by atoms with van der Waals surface area (Å²) in [6.45, 7) is 0.621. The maximum Gasteiger partial charge on any atom is 0.148 e. The molecule has 5 nitrogen and oxygen atoms in total. The lowest BCUT2D eigenvalue weighted by atomic mass is 10.4. The van der Waals surface area contributed by atoms with E-state index >= 15 is 0 Å². The minimum absolute atomic E-state index is 0.0519. The third kappa shape index (κ3) is 5.99. The molecule has 0 aliphatic carbocycles. The molecule has 0 saturated heterocycles. The molecule has 0 bridgehead atoms. The van der Waals surface area contributed by atoms with Crippen molar-refractivity contribution in [1.29, 1.82) is 0 Å². The zero-order valence-corrected chi connectivity index (χ0v) is 11.6. The lowest BCUT2D eigenvalue weighted by Gasteiger charge is -1.99. The Morgan fingerprint density at radius 2 is 2.00 bits per heavy atom. The summed E-state index contributed by atoms with van der Waals surface area (Å²) in [5, 5.41) is 2.95. The molecule has 98 valence electrons. The van der Waals surface area contributed by atoms with E-state index in [4.69, 9.17) is 4.42 Å². The predicted molar refractivity (Wildman–Crippen MR) is 67.9 cm³/mol.